The topological polar surface area (TPSA) is 71.2 Å². The minimum absolute atomic E-state index is 0.161. The standard InChI is InChI=1S/C12H18N4OS/c13-10-3-1-5-15-12(10)18-9-11(17)16-7-2-4-14-6-8-16/h1,3,5,14H,2,4,6-9,13H2. The van der Waals surface area contributed by atoms with E-state index in [0.717, 1.165) is 37.6 Å². The molecule has 5 nitrogen and oxygen atoms in total. The van der Waals surface area contributed by atoms with Crippen LogP contribution >= 0.6 is 11.8 Å². The molecule has 1 aromatic rings. The first kappa shape index (κ1) is 13.2. The average molecular weight is 266 g/mol. The second kappa shape index (κ2) is 6.61. The van der Waals surface area contributed by atoms with E-state index in [2.05, 4.69) is 10.3 Å². The highest BCUT2D eigenvalue weighted by Gasteiger charge is 2.15. The lowest BCUT2D eigenvalue weighted by atomic mass is 10.4. The normalized spacial score (nSPS) is 16.3. The van der Waals surface area contributed by atoms with Gasteiger partial charge in [0, 0.05) is 25.8 Å². The summed E-state index contributed by atoms with van der Waals surface area (Å²) in [6.45, 7) is 3.49. The molecule has 98 valence electrons. The summed E-state index contributed by atoms with van der Waals surface area (Å²) in [5.41, 5.74) is 6.42. The summed E-state index contributed by atoms with van der Waals surface area (Å²) < 4.78 is 0. The Kier molecular flexibility index (Phi) is 4.83. The molecule has 0 saturated carbocycles. The van der Waals surface area contributed by atoms with Gasteiger partial charge in [-0.3, -0.25) is 4.79 Å². The molecular formula is C12H18N4OS. The molecular weight excluding hydrogens is 248 g/mol. The summed E-state index contributed by atoms with van der Waals surface area (Å²) in [4.78, 5) is 18.1. The van der Waals surface area contributed by atoms with E-state index in [0.29, 0.717) is 11.4 Å². The summed E-state index contributed by atoms with van der Waals surface area (Å²) in [6, 6.07) is 3.59. The molecule has 2 heterocycles. The van der Waals surface area contributed by atoms with Crippen molar-refractivity contribution in [3.63, 3.8) is 0 Å². The quantitative estimate of drug-likeness (QED) is 0.783. The third-order valence-electron chi connectivity index (χ3n) is 2.83. The predicted octanol–water partition coefficient (Wildman–Crippen LogP) is 0.578. The zero-order valence-corrected chi connectivity index (χ0v) is 11.1. The van der Waals surface area contributed by atoms with E-state index >= 15 is 0 Å². The Balaban J connectivity index is 1.86. The Morgan fingerprint density at radius 1 is 1.50 bits per heavy atom. The van der Waals surface area contributed by atoms with Gasteiger partial charge in [-0.2, -0.15) is 0 Å². The number of hydrogen-bond donors (Lipinski definition) is 2. The van der Waals surface area contributed by atoms with Gasteiger partial charge in [0.1, 0.15) is 5.03 Å². The summed E-state index contributed by atoms with van der Waals surface area (Å²) >= 11 is 1.41. The molecule has 1 fully saturated rings. The van der Waals surface area contributed by atoms with Gasteiger partial charge in [0.15, 0.2) is 0 Å². The monoisotopic (exact) mass is 266 g/mol. The molecule has 6 heteroatoms. The van der Waals surface area contributed by atoms with Crippen molar-refractivity contribution in [1.82, 2.24) is 15.2 Å². The average Bonchev–Trinajstić information content (AvgIpc) is 2.66. The highest BCUT2D eigenvalue weighted by Crippen LogP contribution is 2.21. The molecule has 0 aliphatic carbocycles. The summed E-state index contributed by atoms with van der Waals surface area (Å²) in [5.74, 6) is 0.565. The molecule has 18 heavy (non-hydrogen) atoms. The van der Waals surface area contributed by atoms with Gasteiger partial charge >= 0.3 is 0 Å². The summed E-state index contributed by atoms with van der Waals surface area (Å²) in [5, 5.41) is 4.02. The first-order valence-corrected chi connectivity index (χ1v) is 7.08. The third-order valence-corrected chi connectivity index (χ3v) is 3.83. The maximum Gasteiger partial charge on any atom is 0.233 e. The van der Waals surface area contributed by atoms with Crippen molar-refractivity contribution in [2.75, 3.05) is 37.7 Å². The Hall–Kier alpha value is -1.27. The van der Waals surface area contributed by atoms with Gasteiger partial charge in [0.2, 0.25) is 5.91 Å². The zero-order chi connectivity index (χ0) is 12.8. The van der Waals surface area contributed by atoms with Gasteiger partial charge in [-0.05, 0) is 25.1 Å². The van der Waals surface area contributed by atoms with Crippen LogP contribution in [0.2, 0.25) is 0 Å². The van der Waals surface area contributed by atoms with E-state index in [1.54, 1.807) is 18.3 Å². The van der Waals surface area contributed by atoms with Gasteiger partial charge < -0.3 is 16.0 Å². The molecule has 1 saturated heterocycles. The molecule has 1 aliphatic rings. The lowest BCUT2D eigenvalue weighted by molar-refractivity contribution is -0.128. The molecule has 1 aromatic heterocycles. The van der Waals surface area contributed by atoms with Crippen LogP contribution in [0.25, 0.3) is 0 Å². The van der Waals surface area contributed by atoms with Crippen LogP contribution in [-0.4, -0.2) is 47.7 Å². The van der Waals surface area contributed by atoms with E-state index in [1.165, 1.54) is 11.8 Å². The number of nitrogens with one attached hydrogen (secondary N) is 1. The lowest BCUT2D eigenvalue weighted by Gasteiger charge is -2.19. The second-order valence-electron chi connectivity index (χ2n) is 4.17. The van der Waals surface area contributed by atoms with Crippen molar-refractivity contribution in [1.29, 1.82) is 0 Å². The fraction of sp³-hybridized carbons (Fsp3) is 0.500. The van der Waals surface area contributed by atoms with Gasteiger partial charge in [-0.1, -0.05) is 11.8 Å². The third kappa shape index (κ3) is 3.61. The Morgan fingerprint density at radius 2 is 2.39 bits per heavy atom. The number of carbonyl (C=O) groups is 1. The fourth-order valence-corrected chi connectivity index (χ4v) is 2.65. The minimum Gasteiger partial charge on any atom is -0.397 e. The Bertz CT molecular complexity index is 405. The molecule has 2 rings (SSSR count). The highest BCUT2D eigenvalue weighted by atomic mass is 32.2. The number of nitrogens with zero attached hydrogens (tertiary/aromatic N) is 2. The molecule has 0 unspecified atom stereocenters. The fourth-order valence-electron chi connectivity index (χ4n) is 1.84. The van der Waals surface area contributed by atoms with Crippen LogP contribution in [0.15, 0.2) is 23.4 Å². The number of aromatic nitrogens is 1. The Labute approximate surface area is 111 Å². The highest BCUT2D eigenvalue weighted by molar-refractivity contribution is 8.00. The van der Waals surface area contributed by atoms with E-state index in [4.69, 9.17) is 5.73 Å². The van der Waals surface area contributed by atoms with Crippen LogP contribution in [0.3, 0.4) is 0 Å². The maximum absolute atomic E-state index is 12.0. The molecule has 3 N–H and O–H groups in total. The van der Waals surface area contributed by atoms with Crippen LogP contribution < -0.4 is 11.1 Å². The van der Waals surface area contributed by atoms with Gasteiger partial charge in [0.05, 0.1) is 11.4 Å². The molecule has 0 radical (unpaired) electrons. The molecule has 0 bridgehead atoms. The molecule has 1 amide bonds. The number of amides is 1. The van der Waals surface area contributed by atoms with Crippen LogP contribution in [0.5, 0.6) is 0 Å². The number of nitrogen functional groups attached to an aromatic ring is 1. The molecule has 0 aromatic carbocycles. The van der Waals surface area contributed by atoms with Crippen molar-refractivity contribution < 1.29 is 4.79 Å². The van der Waals surface area contributed by atoms with Crippen LogP contribution in [0, 0.1) is 0 Å². The number of carbonyl (C=O) groups excluding carboxylic acids is 1. The molecule has 1 aliphatic heterocycles. The smallest absolute Gasteiger partial charge is 0.233 e. The number of nitrogens with two attached hydrogens (primary N) is 1. The Morgan fingerprint density at radius 3 is 3.22 bits per heavy atom. The van der Waals surface area contributed by atoms with Crippen molar-refractivity contribution in [3.05, 3.63) is 18.3 Å². The maximum atomic E-state index is 12.0. The summed E-state index contributed by atoms with van der Waals surface area (Å²) in [7, 11) is 0. The minimum atomic E-state index is 0.161. The summed E-state index contributed by atoms with van der Waals surface area (Å²) in [6.07, 6.45) is 2.71. The zero-order valence-electron chi connectivity index (χ0n) is 10.3. The van der Waals surface area contributed by atoms with Crippen molar-refractivity contribution in [3.8, 4) is 0 Å². The number of anilines is 1. The van der Waals surface area contributed by atoms with Crippen molar-refractivity contribution in [2.24, 2.45) is 0 Å². The van der Waals surface area contributed by atoms with Crippen LogP contribution in [-0.2, 0) is 4.79 Å². The molecule has 0 atom stereocenters. The largest absolute Gasteiger partial charge is 0.397 e. The van der Waals surface area contributed by atoms with Crippen molar-refractivity contribution in [2.45, 2.75) is 11.4 Å². The van der Waals surface area contributed by atoms with Gasteiger partial charge in [-0.25, -0.2) is 4.98 Å². The van der Waals surface area contributed by atoms with Crippen LogP contribution in [0.4, 0.5) is 5.69 Å². The van der Waals surface area contributed by atoms with Crippen molar-refractivity contribution >= 4 is 23.4 Å². The number of pyridine rings is 1. The van der Waals surface area contributed by atoms with Crippen LogP contribution in [0.1, 0.15) is 6.42 Å². The van der Waals surface area contributed by atoms with Gasteiger partial charge in [0.25, 0.3) is 0 Å². The predicted molar refractivity (Wildman–Crippen MR) is 73.4 cm³/mol. The number of hydrogen-bond acceptors (Lipinski definition) is 5. The first-order valence-electron chi connectivity index (χ1n) is 6.09. The van der Waals surface area contributed by atoms with Gasteiger partial charge in [-0.15, -0.1) is 0 Å². The first-order chi connectivity index (χ1) is 8.77. The van der Waals surface area contributed by atoms with E-state index < -0.39 is 0 Å². The van der Waals surface area contributed by atoms with E-state index in [-0.39, 0.29) is 5.91 Å². The van der Waals surface area contributed by atoms with E-state index in [9.17, 15) is 4.79 Å². The number of thioether (sulfide) groups is 1. The lowest BCUT2D eigenvalue weighted by Crippen LogP contribution is -2.35. The SMILES string of the molecule is Nc1cccnc1SCC(=O)N1CCCNCC1. The number of rotatable bonds is 3. The van der Waals surface area contributed by atoms with E-state index in [1.807, 2.05) is 4.90 Å². The molecule has 0 spiro atoms. The second-order valence-corrected chi connectivity index (χ2v) is 5.13.